The number of fused-ring (bicyclic) bond motifs is 3. The molecular formula is C33H43N3O4. The molecule has 1 saturated carbocycles. The lowest BCUT2D eigenvalue weighted by molar-refractivity contribution is -0.134. The van der Waals surface area contributed by atoms with Crippen LogP contribution in [-0.4, -0.2) is 68.3 Å². The summed E-state index contributed by atoms with van der Waals surface area (Å²) in [5.74, 6) is 1.33. The van der Waals surface area contributed by atoms with Gasteiger partial charge < -0.3 is 24.6 Å². The highest BCUT2D eigenvalue weighted by atomic mass is 16.5. The summed E-state index contributed by atoms with van der Waals surface area (Å²) in [6, 6.07) is 14.5. The SMILES string of the molecule is CN(CC1CCCCC1)c1ccc2c(c1)C(=O)N(C)[C@H]1CC[C@@H](CC(=O)NC3Cc4ccccc4C3)O[C@H]1CO2. The number of likely N-dealkylation sites (N-methyl/N-ethyl adjacent to an activating group) is 1. The monoisotopic (exact) mass is 545 g/mol. The Morgan fingerprint density at radius 2 is 1.77 bits per heavy atom. The lowest BCUT2D eigenvalue weighted by atomic mass is 9.89. The predicted octanol–water partition coefficient (Wildman–Crippen LogP) is 4.76. The first-order chi connectivity index (χ1) is 19.4. The van der Waals surface area contributed by atoms with Gasteiger partial charge in [-0.25, -0.2) is 0 Å². The minimum atomic E-state index is -0.266. The van der Waals surface area contributed by atoms with Gasteiger partial charge in [0.05, 0.1) is 24.1 Å². The van der Waals surface area contributed by atoms with Gasteiger partial charge in [0.2, 0.25) is 5.91 Å². The topological polar surface area (TPSA) is 71.1 Å². The summed E-state index contributed by atoms with van der Waals surface area (Å²) in [6.45, 7) is 1.38. The molecule has 1 N–H and O–H groups in total. The maximum absolute atomic E-state index is 13.7. The van der Waals surface area contributed by atoms with E-state index in [1.54, 1.807) is 0 Å². The van der Waals surface area contributed by atoms with Gasteiger partial charge in [-0.15, -0.1) is 0 Å². The van der Waals surface area contributed by atoms with E-state index in [-0.39, 0.29) is 36.1 Å². The number of carbonyl (C=O) groups is 2. The van der Waals surface area contributed by atoms with Crippen molar-refractivity contribution in [2.75, 3.05) is 32.1 Å². The Bertz CT molecular complexity index is 1200. The van der Waals surface area contributed by atoms with Crippen molar-refractivity contribution in [2.45, 2.75) is 88.5 Å². The molecule has 2 amide bonds. The van der Waals surface area contributed by atoms with Gasteiger partial charge in [-0.1, -0.05) is 43.5 Å². The lowest BCUT2D eigenvalue weighted by Crippen LogP contribution is -2.54. The van der Waals surface area contributed by atoms with Crippen LogP contribution in [0.3, 0.4) is 0 Å². The molecule has 0 spiro atoms. The molecule has 7 heteroatoms. The molecule has 2 aromatic rings. The first-order valence-corrected chi connectivity index (χ1v) is 15.2. The van der Waals surface area contributed by atoms with E-state index in [0.29, 0.717) is 24.3 Å². The van der Waals surface area contributed by atoms with Crippen LogP contribution in [0.5, 0.6) is 5.75 Å². The second-order valence-corrected chi connectivity index (χ2v) is 12.4. The number of anilines is 1. The third-order valence-corrected chi connectivity index (χ3v) is 9.52. The summed E-state index contributed by atoms with van der Waals surface area (Å²) in [4.78, 5) is 30.7. The molecule has 2 heterocycles. The fourth-order valence-electron chi connectivity index (χ4n) is 7.27. The Morgan fingerprint density at radius 1 is 1.02 bits per heavy atom. The van der Waals surface area contributed by atoms with Gasteiger partial charge >= 0.3 is 0 Å². The van der Waals surface area contributed by atoms with E-state index in [1.165, 1.54) is 43.2 Å². The molecule has 40 heavy (non-hydrogen) atoms. The summed E-state index contributed by atoms with van der Waals surface area (Å²) in [6.07, 6.45) is 9.79. The summed E-state index contributed by atoms with van der Waals surface area (Å²) >= 11 is 0. The number of benzene rings is 2. The summed E-state index contributed by atoms with van der Waals surface area (Å²) in [5, 5.41) is 3.22. The zero-order valence-corrected chi connectivity index (χ0v) is 23.9. The molecular weight excluding hydrogens is 502 g/mol. The van der Waals surface area contributed by atoms with E-state index in [9.17, 15) is 9.59 Å². The largest absolute Gasteiger partial charge is 0.490 e. The standard InChI is InChI=1S/C33H43N3O4/c1-35(20-22-8-4-3-5-9-22)26-12-15-30-28(18-26)33(38)36(2)29-14-13-27(40-31(29)21-39-30)19-32(37)34-25-16-23-10-6-7-11-24(23)17-25/h6-7,10-12,15,18,22,25,27,29,31H,3-5,8-9,13-14,16-17,19-21H2,1-2H3,(H,34,37)/t27-,29-,31-/m0/s1. The van der Waals surface area contributed by atoms with E-state index < -0.39 is 0 Å². The fraction of sp³-hybridized carbons (Fsp3) is 0.576. The van der Waals surface area contributed by atoms with E-state index in [2.05, 4.69) is 47.6 Å². The number of hydrogen-bond acceptors (Lipinski definition) is 5. The Balaban J connectivity index is 1.07. The molecule has 0 bridgehead atoms. The molecule has 4 aliphatic rings. The Kier molecular flexibility index (Phi) is 8.01. The highest BCUT2D eigenvalue weighted by molar-refractivity contribution is 5.98. The number of ether oxygens (including phenoxy) is 2. The van der Waals surface area contributed by atoms with Gasteiger partial charge in [0.15, 0.2) is 0 Å². The van der Waals surface area contributed by atoms with Crippen LogP contribution in [0.2, 0.25) is 0 Å². The molecule has 2 aliphatic carbocycles. The molecule has 2 aliphatic heterocycles. The van der Waals surface area contributed by atoms with Crippen molar-refractivity contribution in [3.05, 3.63) is 59.2 Å². The summed E-state index contributed by atoms with van der Waals surface area (Å²) < 4.78 is 12.6. The minimum Gasteiger partial charge on any atom is -0.490 e. The summed E-state index contributed by atoms with van der Waals surface area (Å²) in [5.41, 5.74) is 4.33. The third kappa shape index (κ3) is 5.85. The van der Waals surface area contributed by atoms with Crippen LogP contribution >= 0.6 is 0 Å². The molecule has 2 fully saturated rings. The van der Waals surface area contributed by atoms with Crippen molar-refractivity contribution < 1.29 is 19.1 Å². The quantitative estimate of drug-likeness (QED) is 0.567. The van der Waals surface area contributed by atoms with Crippen molar-refractivity contribution in [1.82, 2.24) is 10.2 Å². The molecule has 0 unspecified atom stereocenters. The molecule has 1 saturated heterocycles. The van der Waals surface area contributed by atoms with Crippen LogP contribution in [0.25, 0.3) is 0 Å². The fourth-order valence-corrected chi connectivity index (χ4v) is 7.27. The van der Waals surface area contributed by atoms with Gasteiger partial charge in [-0.3, -0.25) is 9.59 Å². The van der Waals surface area contributed by atoms with Gasteiger partial charge in [-0.2, -0.15) is 0 Å². The van der Waals surface area contributed by atoms with E-state index in [4.69, 9.17) is 9.47 Å². The zero-order valence-electron chi connectivity index (χ0n) is 23.9. The van der Waals surface area contributed by atoms with Crippen LogP contribution in [0.4, 0.5) is 5.69 Å². The lowest BCUT2D eigenvalue weighted by Gasteiger charge is -2.42. The number of rotatable bonds is 6. The number of amides is 2. The second-order valence-electron chi connectivity index (χ2n) is 12.4. The average molecular weight is 546 g/mol. The number of nitrogens with zero attached hydrogens (tertiary/aromatic N) is 2. The molecule has 0 radical (unpaired) electrons. The van der Waals surface area contributed by atoms with Crippen molar-refractivity contribution >= 4 is 17.5 Å². The van der Waals surface area contributed by atoms with E-state index in [0.717, 1.165) is 43.8 Å². The number of carbonyl (C=O) groups excluding carboxylic acids is 2. The third-order valence-electron chi connectivity index (χ3n) is 9.52. The van der Waals surface area contributed by atoms with Gasteiger partial charge in [-0.05, 0) is 73.8 Å². The maximum Gasteiger partial charge on any atom is 0.257 e. The van der Waals surface area contributed by atoms with Crippen LogP contribution in [0.15, 0.2) is 42.5 Å². The second kappa shape index (κ2) is 11.8. The minimum absolute atomic E-state index is 0.0294. The van der Waals surface area contributed by atoms with Crippen molar-refractivity contribution in [3.63, 3.8) is 0 Å². The predicted molar refractivity (Wildman–Crippen MR) is 156 cm³/mol. The summed E-state index contributed by atoms with van der Waals surface area (Å²) in [7, 11) is 4.00. The smallest absolute Gasteiger partial charge is 0.257 e. The number of nitrogens with one attached hydrogen (secondary N) is 1. The van der Waals surface area contributed by atoms with Gasteiger partial charge in [0.25, 0.3) is 5.91 Å². The van der Waals surface area contributed by atoms with Crippen LogP contribution in [0, 0.1) is 5.92 Å². The first-order valence-electron chi connectivity index (χ1n) is 15.2. The van der Waals surface area contributed by atoms with Gasteiger partial charge in [0, 0.05) is 32.4 Å². The van der Waals surface area contributed by atoms with E-state index >= 15 is 0 Å². The van der Waals surface area contributed by atoms with Crippen LogP contribution in [-0.2, 0) is 22.4 Å². The normalized spacial score (nSPS) is 25.2. The molecule has 0 aromatic heterocycles. The molecule has 3 atom stereocenters. The van der Waals surface area contributed by atoms with Crippen LogP contribution in [0.1, 0.15) is 72.9 Å². The Morgan fingerprint density at radius 3 is 2.52 bits per heavy atom. The van der Waals surface area contributed by atoms with Crippen molar-refractivity contribution in [3.8, 4) is 5.75 Å². The first kappa shape index (κ1) is 27.1. The van der Waals surface area contributed by atoms with Gasteiger partial charge in [0.1, 0.15) is 18.5 Å². The highest BCUT2D eigenvalue weighted by Gasteiger charge is 2.39. The molecule has 7 nitrogen and oxygen atoms in total. The molecule has 214 valence electrons. The Labute approximate surface area is 238 Å². The van der Waals surface area contributed by atoms with Crippen molar-refractivity contribution in [1.29, 1.82) is 0 Å². The van der Waals surface area contributed by atoms with Crippen molar-refractivity contribution in [2.24, 2.45) is 5.92 Å². The maximum atomic E-state index is 13.7. The Hall–Kier alpha value is -3.06. The van der Waals surface area contributed by atoms with E-state index in [1.807, 2.05) is 24.1 Å². The molecule has 2 aromatic carbocycles. The average Bonchev–Trinajstić information content (AvgIpc) is 3.37. The van der Waals surface area contributed by atoms with Crippen LogP contribution < -0.4 is 15.0 Å². The number of hydrogen-bond donors (Lipinski definition) is 1. The molecule has 6 rings (SSSR count). The highest BCUT2D eigenvalue weighted by Crippen LogP contribution is 2.34. The zero-order chi connectivity index (χ0) is 27.6.